The summed E-state index contributed by atoms with van der Waals surface area (Å²) in [5.74, 6) is 2.01. The predicted molar refractivity (Wildman–Crippen MR) is 82.2 cm³/mol. The van der Waals surface area contributed by atoms with E-state index in [2.05, 4.69) is 19.2 Å². The summed E-state index contributed by atoms with van der Waals surface area (Å²) in [6, 6.07) is 3.72. The van der Waals surface area contributed by atoms with Gasteiger partial charge < -0.3 is 19.5 Å². The van der Waals surface area contributed by atoms with Crippen LogP contribution in [0.25, 0.3) is 0 Å². The van der Waals surface area contributed by atoms with Crippen LogP contribution in [0.2, 0.25) is 0 Å². The van der Waals surface area contributed by atoms with Crippen molar-refractivity contribution >= 4 is 5.91 Å². The molecule has 0 spiro atoms. The van der Waals surface area contributed by atoms with Crippen LogP contribution in [0.3, 0.4) is 0 Å². The number of benzene rings is 1. The van der Waals surface area contributed by atoms with E-state index in [0.29, 0.717) is 23.2 Å². The Labute approximate surface area is 126 Å². The molecule has 1 atom stereocenters. The van der Waals surface area contributed by atoms with Crippen molar-refractivity contribution in [2.45, 2.75) is 33.2 Å². The van der Waals surface area contributed by atoms with Crippen molar-refractivity contribution < 1.29 is 19.0 Å². The van der Waals surface area contributed by atoms with Crippen molar-refractivity contribution in [1.29, 1.82) is 0 Å². The number of rotatable bonds is 7. The molecule has 5 nitrogen and oxygen atoms in total. The quantitative estimate of drug-likeness (QED) is 0.839. The molecule has 1 N–H and O–H groups in total. The topological polar surface area (TPSA) is 56.8 Å². The van der Waals surface area contributed by atoms with Gasteiger partial charge in [-0.1, -0.05) is 13.8 Å². The fourth-order valence-electron chi connectivity index (χ4n) is 1.89. The summed E-state index contributed by atoms with van der Waals surface area (Å²) in [7, 11) is 4.67. The number of carbonyl (C=O) groups excluding carboxylic acids is 1. The van der Waals surface area contributed by atoms with E-state index in [4.69, 9.17) is 14.2 Å². The van der Waals surface area contributed by atoms with Crippen molar-refractivity contribution in [3.05, 3.63) is 17.7 Å². The Hall–Kier alpha value is -1.91. The predicted octanol–water partition coefficient (Wildman–Crippen LogP) is 2.42. The zero-order valence-electron chi connectivity index (χ0n) is 13.6. The van der Waals surface area contributed by atoms with Crippen LogP contribution >= 0.6 is 0 Å². The average molecular weight is 295 g/mol. The van der Waals surface area contributed by atoms with Gasteiger partial charge in [0, 0.05) is 6.04 Å². The summed E-state index contributed by atoms with van der Waals surface area (Å²) >= 11 is 0. The lowest BCUT2D eigenvalue weighted by Crippen LogP contribution is -2.37. The highest BCUT2D eigenvalue weighted by atomic mass is 16.5. The number of methoxy groups -OCH3 is 3. The molecule has 5 heteroatoms. The number of amides is 1. The standard InChI is InChI=1S/C16H25NO4/c1-10(2)11(3)17-15(18)9-12-7-13(19-4)16(21-6)14(8-12)20-5/h7-8,10-11H,9H2,1-6H3,(H,17,18)/t11-/m0/s1. The number of ether oxygens (including phenoxy) is 3. The van der Waals surface area contributed by atoms with Gasteiger partial charge in [0.15, 0.2) is 11.5 Å². The summed E-state index contributed by atoms with van der Waals surface area (Å²) in [5.41, 5.74) is 0.818. The van der Waals surface area contributed by atoms with E-state index in [9.17, 15) is 4.79 Å². The summed E-state index contributed by atoms with van der Waals surface area (Å²) in [6.45, 7) is 6.15. The lowest BCUT2D eigenvalue weighted by atomic mass is 10.1. The van der Waals surface area contributed by atoms with Gasteiger partial charge in [-0.05, 0) is 30.5 Å². The Kier molecular flexibility index (Phi) is 6.34. The number of hydrogen-bond donors (Lipinski definition) is 1. The van der Waals surface area contributed by atoms with E-state index in [1.807, 2.05) is 6.92 Å². The molecule has 1 aromatic rings. The van der Waals surface area contributed by atoms with Crippen LogP contribution < -0.4 is 19.5 Å². The van der Waals surface area contributed by atoms with E-state index in [-0.39, 0.29) is 18.4 Å². The SMILES string of the molecule is COc1cc(CC(=O)N[C@@H](C)C(C)C)cc(OC)c1OC. The third-order valence-corrected chi connectivity index (χ3v) is 3.48. The summed E-state index contributed by atoms with van der Waals surface area (Å²) in [5, 5.41) is 2.98. The largest absolute Gasteiger partial charge is 0.493 e. The van der Waals surface area contributed by atoms with Crippen LogP contribution in [0.5, 0.6) is 17.2 Å². The molecule has 0 fully saturated rings. The first-order valence-corrected chi connectivity index (χ1v) is 7.01. The van der Waals surface area contributed by atoms with Gasteiger partial charge in [-0.2, -0.15) is 0 Å². The zero-order valence-corrected chi connectivity index (χ0v) is 13.6. The molecule has 0 saturated heterocycles. The molecule has 0 aromatic heterocycles. The van der Waals surface area contributed by atoms with Gasteiger partial charge in [-0.3, -0.25) is 4.79 Å². The summed E-state index contributed by atoms with van der Waals surface area (Å²) in [6.07, 6.45) is 0.272. The van der Waals surface area contributed by atoms with Crippen LogP contribution in [0.15, 0.2) is 12.1 Å². The molecule has 0 aliphatic heterocycles. The molecule has 1 rings (SSSR count). The Morgan fingerprint density at radius 3 is 1.95 bits per heavy atom. The molecule has 0 saturated carbocycles. The molecular weight excluding hydrogens is 270 g/mol. The highest BCUT2D eigenvalue weighted by Crippen LogP contribution is 2.38. The normalized spacial score (nSPS) is 12.0. The first kappa shape index (κ1) is 17.1. The minimum Gasteiger partial charge on any atom is -0.493 e. The van der Waals surface area contributed by atoms with Crippen molar-refractivity contribution in [2.24, 2.45) is 5.92 Å². The van der Waals surface area contributed by atoms with Gasteiger partial charge in [0.05, 0.1) is 27.8 Å². The van der Waals surface area contributed by atoms with Gasteiger partial charge in [-0.15, -0.1) is 0 Å². The maximum atomic E-state index is 12.1. The van der Waals surface area contributed by atoms with Crippen LogP contribution in [-0.4, -0.2) is 33.3 Å². The monoisotopic (exact) mass is 295 g/mol. The minimum atomic E-state index is -0.0227. The molecule has 0 heterocycles. The third-order valence-electron chi connectivity index (χ3n) is 3.48. The second-order valence-corrected chi connectivity index (χ2v) is 5.31. The van der Waals surface area contributed by atoms with Gasteiger partial charge in [0.25, 0.3) is 0 Å². The number of hydrogen-bond acceptors (Lipinski definition) is 4. The van der Waals surface area contributed by atoms with E-state index in [1.165, 1.54) is 0 Å². The molecule has 21 heavy (non-hydrogen) atoms. The van der Waals surface area contributed by atoms with Crippen LogP contribution in [0.1, 0.15) is 26.3 Å². The molecule has 1 aromatic carbocycles. The Balaban J connectivity index is 2.91. The molecule has 0 aliphatic rings. The number of carbonyl (C=O) groups is 1. The molecule has 0 aliphatic carbocycles. The molecule has 0 unspecified atom stereocenters. The highest BCUT2D eigenvalue weighted by molar-refractivity contribution is 5.79. The first-order chi connectivity index (χ1) is 9.92. The second-order valence-electron chi connectivity index (χ2n) is 5.31. The van der Waals surface area contributed by atoms with E-state index < -0.39 is 0 Å². The van der Waals surface area contributed by atoms with E-state index >= 15 is 0 Å². The lowest BCUT2D eigenvalue weighted by Gasteiger charge is -2.18. The third kappa shape index (κ3) is 4.55. The number of nitrogens with one attached hydrogen (secondary N) is 1. The van der Waals surface area contributed by atoms with Crippen LogP contribution in [0, 0.1) is 5.92 Å². The Bertz CT molecular complexity index is 460. The van der Waals surface area contributed by atoms with E-state index in [1.54, 1.807) is 33.5 Å². The van der Waals surface area contributed by atoms with Crippen LogP contribution in [0.4, 0.5) is 0 Å². The van der Waals surface area contributed by atoms with Gasteiger partial charge >= 0.3 is 0 Å². The van der Waals surface area contributed by atoms with Crippen molar-refractivity contribution in [3.63, 3.8) is 0 Å². The minimum absolute atomic E-state index is 0.0227. The van der Waals surface area contributed by atoms with Crippen LogP contribution in [-0.2, 0) is 11.2 Å². The molecule has 0 bridgehead atoms. The molecular formula is C16H25NO4. The maximum Gasteiger partial charge on any atom is 0.224 e. The van der Waals surface area contributed by atoms with Crippen molar-refractivity contribution in [3.8, 4) is 17.2 Å². The molecule has 0 radical (unpaired) electrons. The summed E-state index contributed by atoms with van der Waals surface area (Å²) in [4.78, 5) is 12.1. The van der Waals surface area contributed by atoms with Gasteiger partial charge in [0.1, 0.15) is 0 Å². The summed E-state index contributed by atoms with van der Waals surface area (Å²) < 4.78 is 15.8. The van der Waals surface area contributed by atoms with Crippen molar-refractivity contribution in [2.75, 3.05) is 21.3 Å². The second kappa shape index (κ2) is 7.76. The van der Waals surface area contributed by atoms with E-state index in [0.717, 1.165) is 5.56 Å². The first-order valence-electron chi connectivity index (χ1n) is 7.01. The average Bonchev–Trinajstić information content (AvgIpc) is 2.45. The smallest absolute Gasteiger partial charge is 0.224 e. The van der Waals surface area contributed by atoms with Gasteiger partial charge in [0.2, 0.25) is 11.7 Å². The zero-order chi connectivity index (χ0) is 16.0. The maximum absolute atomic E-state index is 12.1. The Morgan fingerprint density at radius 1 is 1.05 bits per heavy atom. The fourth-order valence-corrected chi connectivity index (χ4v) is 1.89. The Morgan fingerprint density at radius 2 is 1.57 bits per heavy atom. The molecule has 118 valence electrons. The fraction of sp³-hybridized carbons (Fsp3) is 0.562. The van der Waals surface area contributed by atoms with Gasteiger partial charge in [-0.25, -0.2) is 0 Å². The highest BCUT2D eigenvalue weighted by Gasteiger charge is 2.16. The molecule has 1 amide bonds. The lowest BCUT2D eigenvalue weighted by molar-refractivity contribution is -0.121. The van der Waals surface area contributed by atoms with Crippen molar-refractivity contribution in [1.82, 2.24) is 5.32 Å².